The van der Waals surface area contributed by atoms with E-state index in [0.29, 0.717) is 10.9 Å². The highest BCUT2D eigenvalue weighted by Gasteiger charge is 2.09. The first-order valence-electron chi connectivity index (χ1n) is 5.09. The van der Waals surface area contributed by atoms with Crippen molar-refractivity contribution in [2.75, 3.05) is 6.26 Å². The summed E-state index contributed by atoms with van der Waals surface area (Å²) in [6.45, 7) is 0. The van der Waals surface area contributed by atoms with Crippen LogP contribution in [-0.2, 0) is 0 Å². The van der Waals surface area contributed by atoms with Crippen LogP contribution in [0.4, 0.5) is 5.69 Å². The molecule has 19 heavy (non-hydrogen) atoms. The van der Waals surface area contributed by atoms with Gasteiger partial charge >= 0.3 is 0 Å². The summed E-state index contributed by atoms with van der Waals surface area (Å²) in [5.74, 6) is 0.556. The molecule has 98 valence electrons. The Morgan fingerprint density at radius 2 is 2.16 bits per heavy atom. The van der Waals surface area contributed by atoms with Gasteiger partial charge in [0.05, 0.1) is 11.0 Å². The minimum Gasteiger partial charge on any atom is -0.439 e. The summed E-state index contributed by atoms with van der Waals surface area (Å²) >= 11 is 7.14. The van der Waals surface area contributed by atoms with Crippen molar-refractivity contribution in [1.29, 1.82) is 0 Å². The fourth-order valence-electron chi connectivity index (χ4n) is 1.30. The number of non-ortho nitro benzene ring substituents is 1. The molecule has 0 atom stereocenters. The Morgan fingerprint density at radius 1 is 1.37 bits per heavy atom. The fourth-order valence-corrected chi connectivity index (χ4v) is 1.90. The molecule has 1 aromatic carbocycles. The summed E-state index contributed by atoms with van der Waals surface area (Å²) < 4.78 is 5.44. The Balaban J connectivity index is 2.28. The van der Waals surface area contributed by atoms with E-state index in [1.54, 1.807) is 6.07 Å². The zero-order chi connectivity index (χ0) is 13.8. The fraction of sp³-hybridized carbons (Fsp3) is 0.0909. The number of nitrogens with zero attached hydrogens (tertiary/aromatic N) is 3. The van der Waals surface area contributed by atoms with Gasteiger partial charge in [-0.25, -0.2) is 4.98 Å². The molecule has 0 aliphatic rings. The van der Waals surface area contributed by atoms with Gasteiger partial charge in [0.2, 0.25) is 5.88 Å². The van der Waals surface area contributed by atoms with Gasteiger partial charge in [-0.05, 0) is 12.3 Å². The van der Waals surface area contributed by atoms with E-state index in [1.807, 2.05) is 6.26 Å². The number of aromatic nitrogens is 2. The van der Waals surface area contributed by atoms with Crippen LogP contribution < -0.4 is 4.74 Å². The summed E-state index contributed by atoms with van der Waals surface area (Å²) in [4.78, 5) is 18.2. The molecule has 2 aromatic rings. The van der Waals surface area contributed by atoms with E-state index in [0.717, 1.165) is 0 Å². The lowest BCUT2D eigenvalue weighted by molar-refractivity contribution is -0.384. The first-order valence-corrected chi connectivity index (χ1v) is 6.69. The Bertz CT molecular complexity index is 624. The van der Waals surface area contributed by atoms with Crippen molar-refractivity contribution in [2.45, 2.75) is 5.16 Å². The third kappa shape index (κ3) is 3.55. The second kappa shape index (κ2) is 5.85. The van der Waals surface area contributed by atoms with E-state index in [4.69, 9.17) is 16.3 Å². The maximum Gasteiger partial charge on any atom is 0.273 e. The third-order valence-corrected chi connectivity index (χ3v) is 2.83. The van der Waals surface area contributed by atoms with Crippen LogP contribution in [0.2, 0.25) is 5.15 Å². The molecule has 0 saturated carbocycles. The van der Waals surface area contributed by atoms with Crippen molar-refractivity contribution in [2.24, 2.45) is 0 Å². The monoisotopic (exact) mass is 297 g/mol. The lowest BCUT2D eigenvalue weighted by Gasteiger charge is -2.05. The number of nitro benzene ring substituents is 1. The number of ether oxygens (including phenoxy) is 1. The zero-order valence-electron chi connectivity index (χ0n) is 9.74. The molecule has 0 amide bonds. The van der Waals surface area contributed by atoms with Gasteiger partial charge < -0.3 is 4.74 Å². The minimum absolute atomic E-state index is 0.0530. The Morgan fingerprint density at radius 3 is 2.84 bits per heavy atom. The van der Waals surface area contributed by atoms with Crippen LogP contribution in [0.15, 0.2) is 35.5 Å². The van der Waals surface area contributed by atoms with Crippen LogP contribution >= 0.6 is 23.4 Å². The van der Waals surface area contributed by atoms with Crippen molar-refractivity contribution < 1.29 is 9.66 Å². The molecule has 8 heteroatoms. The first kappa shape index (κ1) is 13.6. The molecule has 1 heterocycles. The summed E-state index contributed by atoms with van der Waals surface area (Å²) in [6, 6.07) is 7.27. The largest absolute Gasteiger partial charge is 0.439 e. The Hall–Kier alpha value is -1.86. The molecule has 0 aliphatic carbocycles. The molecule has 0 saturated heterocycles. The molecule has 0 spiro atoms. The van der Waals surface area contributed by atoms with Crippen LogP contribution in [0.3, 0.4) is 0 Å². The van der Waals surface area contributed by atoms with E-state index in [1.165, 1.54) is 36.0 Å². The molecule has 0 fully saturated rings. The molecule has 0 bridgehead atoms. The van der Waals surface area contributed by atoms with Gasteiger partial charge in [-0.15, -0.1) is 0 Å². The van der Waals surface area contributed by atoms with Crippen molar-refractivity contribution in [3.8, 4) is 11.6 Å². The molecule has 0 radical (unpaired) electrons. The van der Waals surface area contributed by atoms with Gasteiger partial charge in [0, 0.05) is 12.1 Å². The molecular weight excluding hydrogens is 290 g/mol. The van der Waals surface area contributed by atoms with E-state index < -0.39 is 4.92 Å². The molecule has 2 rings (SSSR count). The van der Waals surface area contributed by atoms with Gasteiger partial charge in [0.15, 0.2) is 5.16 Å². The van der Waals surface area contributed by atoms with E-state index in [9.17, 15) is 10.1 Å². The number of hydrogen-bond donors (Lipinski definition) is 0. The van der Waals surface area contributed by atoms with Crippen molar-refractivity contribution in [3.05, 3.63) is 45.6 Å². The van der Waals surface area contributed by atoms with E-state index >= 15 is 0 Å². The highest BCUT2D eigenvalue weighted by Crippen LogP contribution is 2.26. The van der Waals surface area contributed by atoms with Crippen LogP contribution in [0.25, 0.3) is 0 Å². The minimum atomic E-state index is -0.493. The highest BCUT2D eigenvalue weighted by molar-refractivity contribution is 7.98. The molecule has 0 N–H and O–H groups in total. The number of nitro groups is 1. The number of rotatable bonds is 4. The summed E-state index contributed by atoms with van der Waals surface area (Å²) in [5, 5.41) is 11.4. The number of thioether (sulfide) groups is 1. The summed E-state index contributed by atoms with van der Waals surface area (Å²) in [5.41, 5.74) is -0.0530. The van der Waals surface area contributed by atoms with Crippen LogP contribution in [0, 0.1) is 10.1 Å². The van der Waals surface area contributed by atoms with Gasteiger partial charge in [0.25, 0.3) is 5.69 Å². The standard InChI is InChI=1S/C11H8ClN3O3S/c1-19-11-13-9(12)6-10(14-11)18-8-4-2-3-7(5-8)15(16)17/h2-6H,1H3. The van der Waals surface area contributed by atoms with Gasteiger partial charge in [-0.1, -0.05) is 29.4 Å². The lowest BCUT2D eigenvalue weighted by atomic mass is 10.3. The second-order valence-electron chi connectivity index (χ2n) is 3.37. The lowest BCUT2D eigenvalue weighted by Crippen LogP contribution is -1.93. The average molecular weight is 298 g/mol. The second-order valence-corrected chi connectivity index (χ2v) is 4.53. The van der Waals surface area contributed by atoms with Crippen LogP contribution in [-0.4, -0.2) is 21.1 Å². The zero-order valence-corrected chi connectivity index (χ0v) is 11.3. The van der Waals surface area contributed by atoms with Gasteiger partial charge in [0.1, 0.15) is 10.9 Å². The number of benzene rings is 1. The van der Waals surface area contributed by atoms with Gasteiger partial charge in [-0.3, -0.25) is 10.1 Å². The normalized spacial score (nSPS) is 10.2. The Labute approximate surface area is 117 Å². The number of hydrogen-bond acceptors (Lipinski definition) is 6. The van der Waals surface area contributed by atoms with Crippen LogP contribution in [0.5, 0.6) is 11.6 Å². The molecule has 6 nitrogen and oxygen atoms in total. The predicted molar refractivity (Wildman–Crippen MR) is 72.0 cm³/mol. The maximum absolute atomic E-state index is 10.7. The van der Waals surface area contributed by atoms with E-state index in [2.05, 4.69) is 9.97 Å². The Kier molecular flexibility index (Phi) is 4.18. The third-order valence-electron chi connectivity index (χ3n) is 2.08. The quantitative estimate of drug-likeness (QED) is 0.282. The molecule has 0 aliphatic heterocycles. The SMILES string of the molecule is CSc1nc(Cl)cc(Oc2cccc([N+](=O)[O-])c2)n1. The maximum atomic E-state index is 10.7. The topological polar surface area (TPSA) is 78.2 Å². The first-order chi connectivity index (χ1) is 9.08. The predicted octanol–water partition coefficient (Wildman–Crippen LogP) is 3.55. The summed E-state index contributed by atoms with van der Waals surface area (Å²) in [6.07, 6.45) is 1.81. The van der Waals surface area contributed by atoms with Gasteiger partial charge in [-0.2, -0.15) is 4.98 Å². The summed E-state index contributed by atoms with van der Waals surface area (Å²) in [7, 11) is 0. The van der Waals surface area contributed by atoms with Crippen molar-refractivity contribution in [1.82, 2.24) is 9.97 Å². The van der Waals surface area contributed by atoms with Crippen LogP contribution in [0.1, 0.15) is 0 Å². The van der Waals surface area contributed by atoms with Crippen molar-refractivity contribution in [3.63, 3.8) is 0 Å². The molecular formula is C11H8ClN3O3S. The van der Waals surface area contributed by atoms with Crippen molar-refractivity contribution >= 4 is 29.1 Å². The highest BCUT2D eigenvalue weighted by atomic mass is 35.5. The van der Waals surface area contributed by atoms with E-state index in [-0.39, 0.29) is 16.7 Å². The number of halogens is 1. The molecule has 1 aromatic heterocycles. The average Bonchev–Trinajstić information content (AvgIpc) is 2.38. The molecule has 0 unspecified atom stereocenters. The smallest absolute Gasteiger partial charge is 0.273 e.